The highest BCUT2D eigenvalue weighted by molar-refractivity contribution is 9.11. The largest absolute Gasteiger partial charge is 0.352 e. The maximum Gasteiger partial charge on any atom is 0.252 e. The van der Waals surface area contributed by atoms with Gasteiger partial charge in [0, 0.05) is 17.3 Å². The first kappa shape index (κ1) is 14.5. The summed E-state index contributed by atoms with van der Waals surface area (Å²) in [6.45, 7) is 0.808. The smallest absolute Gasteiger partial charge is 0.252 e. The Hall–Kier alpha value is 0.130. The molecule has 1 heterocycles. The molecule has 1 aliphatic carbocycles. The molecule has 0 spiro atoms. The molecule has 0 radical (unpaired) electrons. The SMILES string of the molecule is O=C(NCC1CCCCC1CBr)c1csc(Br)c1. The zero-order chi connectivity index (χ0) is 13.0. The molecule has 0 bridgehead atoms. The second-order valence-electron chi connectivity index (χ2n) is 4.81. The highest BCUT2D eigenvalue weighted by Gasteiger charge is 2.24. The first-order valence-electron chi connectivity index (χ1n) is 6.29. The van der Waals surface area contributed by atoms with E-state index in [-0.39, 0.29) is 5.91 Å². The lowest BCUT2D eigenvalue weighted by molar-refractivity contribution is 0.0937. The van der Waals surface area contributed by atoms with Gasteiger partial charge >= 0.3 is 0 Å². The van der Waals surface area contributed by atoms with Crippen molar-refractivity contribution in [3.8, 4) is 0 Å². The number of thiophene rings is 1. The Labute approximate surface area is 129 Å². The van der Waals surface area contributed by atoms with Crippen molar-refractivity contribution in [3.05, 3.63) is 20.8 Å². The van der Waals surface area contributed by atoms with Gasteiger partial charge in [-0.25, -0.2) is 0 Å². The van der Waals surface area contributed by atoms with Gasteiger partial charge in [-0.1, -0.05) is 28.8 Å². The third-order valence-corrected chi connectivity index (χ3v) is 5.96. The van der Waals surface area contributed by atoms with Gasteiger partial charge in [0.05, 0.1) is 9.35 Å². The molecule has 18 heavy (non-hydrogen) atoms. The molecule has 1 aromatic heterocycles. The van der Waals surface area contributed by atoms with Crippen LogP contribution in [0.2, 0.25) is 0 Å². The number of alkyl halides is 1. The Morgan fingerprint density at radius 1 is 1.39 bits per heavy atom. The van der Waals surface area contributed by atoms with Crippen LogP contribution in [0.15, 0.2) is 15.2 Å². The summed E-state index contributed by atoms with van der Waals surface area (Å²) < 4.78 is 1.00. The van der Waals surface area contributed by atoms with E-state index < -0.39 is 0 Å². The van der Waals surface area contributed by atoms with Gasteiger partial charge in [-0.15, -0.1) is 11.3 Å². The molecule has 2 nitrogen and oxygen atoms in total. The average molecular weight is 395 g/mol. The number of amides is 1. The van der Waals surface area contributed by atoms with Crippen molar-refractivity contribution in [2.75, 3.05) is 11.9 Å². The molecule has 1 N–H and O–H groups in total. The van der Waals surface area contributed by atoms with E-state index in [0.29, 0.717) is 11.8 Å². The molecule has 0 aromatic carbocycles. The predicted molar refractivity (Wildman–Crippen MR) is 83.6 cm³/mol. The number of carbonyl (C=O) groups is 1. The summed E-state index contributed by atoms with van der Waals surface area (Å²) in [6, 6.07) is 1.88. The first-order valence-corrected chi connectivity index (χ1v) is 9.08. The summed E-state index contributed by atoms with van der Waals surface area (Å²) in [5.41, 5.74) is 0.762. The molecule has 100 valence electrons. The van der Waals surface area contributed by atoms with E-state index in [1.165, 1.54) is 25.7 Å². The molecule has 1 saturated carbocycles. The lowest BCUT2D eigenvalue weighted by atomic mass is 9.80. The summed E-state index contributed by atoms with van der Waals surface area (Å²) in [4.78, 5) is 12.0. The second-order valence-corrected chi connectivity index (χ2v) is 7.75. The summed E-state index contributed by atoms with van der Waals surface area (Å²) in [7, 11) is 0. The van der Waals surface area contributed by atoms with Crippen molar-refractivity contribution in [2.45, 2.75) is 25.7 Å². The second kappa shape index (κ2) is 7.06. The predicted octanol–water partition coefficient (Wildman–Crippen LogP) is 4.44. The van der Waals surface area contributed by atoms with Crippen LogP contribution in [0, 0.1) is 11.8 Å². The lowest BCUT2D eigenvalue weighted by Gasteiger charge is -2.30. The van der Waals surface area contributed by atoms with Crippen LogP contribution in [0.25, 0.3) is 0 Å². The number of hydrogen-bond acceptors (Lipinski definition) is 2. The normalized spacial score (nSPS) is 23.9. The van der Waals surface area contributed by atoms with Crippen molar-refractivity contribution in [1.29, 1.82) is 0 Å². The summed E-state index contributed by atoms with van der Waals surface area (Å²) >= 11 is 8.52. The van der Waals surface area contributed by atoms with Crippen molar-refractivity contribution < 1.29 is 4.79 Å². The van der Waals surface area contributed by atoms with Gasteiger partial charge in [0.2, 0.25) is 0 Å². The van der Waals surface area contributed by atoms with Gasteiger partial charge in [-0.2, -0.15) is 0 Å². The van der Waals surface area contributed by atoms with Crippen LogP contribution >= 0.6 is 43.2 Å². The standard InChI is InChI=1S/C13H17Br2NOS/c14-6-9-3-1-2-4-10(9)7-16-13(17)11-5-12(15)18-8-11/h5,8-10H,1-4,6-7H2,(H,16,17). The summed E-state index contributed by atoms with van der Waals surface area (Å²) in [5.74, 6) is 1.40. The molecular formula is C13H17Br2NOS. The third-order valence-electron chi connectivity index (χ3n) is 3.62. The minimum atomic E-state index is 0.0517. The molecule has 2 rings (SSSR count). The molecular weight excluding hydrogens is 378 g/mol. The van der Waals surface area contributed by atoms with Crippen LogP contribution in [0.1, 0.15) is 36.0 Å². The van der Waals surface area contributed by atoms with Gasteiger partial charge < -0.3 is 5.32 Å². The van der Waals surface area contributed by atoms with Gasteiger partial charge in [0.1, 0.15) is 0 Å². The fourth-order valence-electron chi connectivity index (χ4n) is 2.51. The molecule has 1 amide bonds. The molecule has 2 atom stereocenters. The van der Waals surface area contributed by atoms with Crippen LogP contribution in [0.3, 0.4) is 0 Å². The molecule has 5 heteroatoms. The van der Waals surface area contributed by atoms with Crippen LogP contribution in [0.5, 0.6) is 0 Å². The molecule has 1 aliphatic rings. The summed E-state index contributed by atoms with van der Waals surface area (Å²) in [6.07, 6.45) is 5.16. The minimum Gasteiger partial charge on any atom is -0.352 e. The zero-order valence-corrected chi connectivity index (χ0v) is 14.1. The molecule has 1 fully saturated rings. The monoisotopic (exact) mass is 393 g/mol. The van der Waals surface area contributed by atoms with Crippen molar-refractivity contribution in [1.82, 2.24) is 5.32 Å². The van der Waals surface area contributed by atoms with E-state index in [2.05, 4.69) is 37.2 Å². The highest BCUT2D eigenvalue weighted by atomic mass is 79.9. The van der Waals surface area contributed by atoms with Crippen molar-refractivity contribution in [2.24, 2.45) is 11.8 Å². The fourth-order valence-corrected chi connectivity index (χ4v) is 4.50. The van der Waals surface area contributed by atoms with E-state index in [0.717, 1.165) is 21.2 Å². The van der Waals surface area contributed by atoms with Crippen LogP contribution < -0.4 is 5.32 Å². The van der Waals surface area contributed by atoms with Crippen molar-refractivity contribution >= 4 is 49.1 Å². The number of rotatable bonds is 4. The van der Waals surface area contributed by atoms with Gasteiger partial charge in [-0.3, -0.25) is 4.79 Å². The maximum absolute atomic E-state index is 12.0. The topological polar surface area (TPSA) is 29.1 Å². The Morgan fingerprint density at radius 2 is 2.11 bits per heavy atom. The first-order chi connectivity index (χ1) is 8.70. The Kier molecular flexibility index (Phi) is 5.70. The van der Waals surface area contributed by atoms with E-state index >= 15 is 0 Å². The average Bonchev–Trinajstić information content (AvgIpc) is 2.83. The van der Waals surface area contributed by atoms with Crippen molar-refractivity contribution in [3.63, 3.8) is 0 Å². The van der Waals surface area contributed by atoms with Gasteiger partial charge in [-0.05, 0) is 46.7 Å². The number of nitrogens with one attached hydrogen (secondary N) is 1. The highest BCUT2D eigenvalue weighted by Crippen LogP contribution is 2.31. The van der Waals surface area contributed by atoms with Gasteiger partial charge in [0.15, 0.2) is 0 Å². The molecule has 0 aliphatic heterocycles. The molecule has 0 saturated heterocycles. The van der Waals surface area contributed by atoms with Crippen LogP contribution in [0.4, 0.5) is 0 Å². The number of hydrogen-bond donors (Lipinski definition) is 1. The quantitative estimate of drug-likeness (QED) is 0.751. The van der Waals surface area contributed by atoms with Crippen LogP contribution in [-0.2, 0) is 0 Å². The number of halogens is 2. The number of carbonyl (C=O) groups excluding carboxylic acids is 1. The van der Waals surface area contributed by atoms with Gasteiger partial charge in [0.25, 0.3) is 5.91 Å². The van der Waals surface area contributed by atoms with E-state index in [9.17, 15) is 4.79 Å². The zero-order valence-electron chi connectivity index (χ0n) is 10.1. The molecule has 2 unspecified atom stereocenters. The minimum absolute atomic E-state index is 0.0517. The maximum atomic E-state index is 12.0. The third kappa shape index (κ3) is 3.81. The van der Waals surface area contributed by atoms with Crippen LogP contribution in [-0.4, -0.2) is 17.8 Å². The van der Waals surface area contributed by atoms with E-state index in [4.69, 9.17) is 0 Å². The van der Waals surface area contributed by atoms with E-state index in [1.807, 2.05) is 11.4 Å². The Morgan fingerprint density at radius 3 is 2.72 bits per heavy atom. The Balaban J connectivity index is 1.85. The summed E-state index contributed by atoms with van der Waals surface area (Å²) in [5, 5.41) is 6.02. The fraction of sp³-hybridized carbons (Fsp3) is 0.615. The lowest BCUT2D eigenvalue weighted by Crippen LogP contribution is -2.34. The Bertz CT molecular complexity index is 407. The molecule has 1 aromatic rings. The van der Waals surface area contributed by atoms with E-state index in [1.54, 1.807) is 11.3 Å².